The zero-order chi connectivity index (χ0) is 25.3. The summed E-state index contributed by atoms with van der Waals surface area (Å²) in [4.78, 5) is 45.8. The highest BCUT2D eigenvalue weighted by atomic mass is 32.2. The van der Waals surface area contributed by atoms with Gasteiger partial charge in [0.2, 0.25) is 0 Å². The molecule has 0 unspecified atom stereocenters. The summed E-state index contributed by atoms with van der Waals surface area (Å²) in [6, 6.07) is 5.55. The molecule has 2 rings (SSSR count). The summed E-state index contributed by atoms with van der Waals surface area (Å²) < 4.78 is 33.4. The van der Waals surface area contributed by atoms with Crippen molar-refractivity contribution in [3.8, 4) is 0 Å². The molecule has 9 nitrogen and oxygen atoms in total. The van der Waals surface area contributed by atoms with Crippen molar-refractivity contribution in [1.29, 1.82) is 0 Å². The number of allylic oxidation sites excluding steroid dienone is 4. The van der Waals surface area contributed by atoms with Gasteiger partial charge in [-0.1, -0.05) is 30.7 Å². The van der Waals surface area contributed by atoms with Crippen LogP contribution in [0.15, 0.2) is 56.1 Å². The van der Waals surface area contributed by atoms with Crippen LogP contribution in [0.25, 0.3) is 11.0 Å². The number of hydroxylamine groups is 2. The number of carbonyl (C=O) groups is 3. The molecule has 0 saturated heterocycles. The number of aldehydes is 1. The quantitative estimate of drug-likeness (QED) is 0.147. The second-order valence-corrected chi connectivity index (χ2v) is 8.89. The van der Waals surface area contributed by atoms with Crippen molar-refractivity contribution in [1.82, 2.24) is 5.06 Å². The second-order valence-electron chi connectivity index (χ2n) is 7.19. The maximum atomic E-state index is 12.4. The minimum absolute atomic E-state index is 0.102. The topological polar surface area (TPSA) is 128 Å². The Bertz CT molecular complexity index is 1270. The van der Waals surface area contributed by atoms with Gasteiger partial charge in [0.1, 0.15) is 17.4 Å². The molecule has 1 aromatic carbocycles. The normalized spacial score (nSPS) is 11.3. The lowest BCUT2D eigenvalue weighted by molar-refractivity contribution is -0.104. The van der Waals surface area contributed by atoms with Crippen LogP contribution < -0.4 is 5.63 Å². The van der Waals surface area contributed by atoms with Crippen molar-refractivity contribution in [2.45, 2.75) is 41.0 Å². The molecule has 0 aliphatic heterocycles. The minimum atomic E-state index is -4.38. The van der Waals surface area contributed by atoms with Crippen LogP contribution >= 0.6 is 0 Å². The van der Waals surface area contributed by atoms with Gasteiger partial charge in [0.15, 0.2) is 5.78 Å². The lowest BCUT2D eigenvalue weighted by Gasteiger charge is -2.15. The van der Waals surface area contributed by atoms with Crippen molar-refractivity contribution in [3.63, 3.8) is 0 Å². The van der Waals surface area contributed by atoms with Crippen LogP contribution in [-0.4, -0.2) is 38.5 Å². The van der Waals surface area contributed by atoms with E-state index in [1.807, 2.05) is 0 Å². The summed E-state index contributed by atoms with van der Waals surface area (Å²) in [6.07, 6.45) is 4.39. The zero-order valence-corrected chi connectivity index (χ0v) is 20.2. The number of hydrogen-bond acceptors (Lipinski definition) is 8. The Hall–Kier alpha value is -3.37. The fraction of sp³-hybridized carbons (Fsp3) is 0.304. The van der Waals surface area contributed by atoms with E-state index in [1.54, 1.807) is 0 Å². The van der Waals surface area contributed by atoms with Gasteiger partial charge in [-0.05, 0) is 52.3 Å². The van der Waals surface area contributed by atoms with E-state index in [1.165, 1.54) is 43.2 Å². The highest BCUT2D eigenvalue weighted by Gasteiger charge is 2.25. The van der Waals surface area contributed by atoms with Crippen LogP contribution in [0.1, 0.15) is 61.8 Å². The van der Waals surface area contributed by atoms with Gasteiger partial charge >= 0.3 is 15.7 Å². The molecule has 0 fully saturated rings. The highest BCUT2D eigenvalue weighted by Crippen LogP contribution is 2.18. The molecule has 0 saturated carbocycles. The molecule has 1 amide bonds. The van der Waals surface area contributed by atoms with Gasteiger partial charge < -0.3 is 4.42 Å². The van der Waals surface area contributed by atoms with Gasteiger partial charge in [-0.3, -0.25) is 14.4 Å². The first-order chi connectivity index (χ1) is 15.3. The highest BCUT2D eigenvalue weighted by molar-refractivity contribution is 7.90. The fourth-order valence-corrected chi connectivity index (χ4v) is 3.18. The molecule has 33 heavy (non-hydrogen) atoms. The molecule has 0 radical (unpaired) electrons. The van der Waals surface area contributed by atoms with Gasteiger partial charge in [-0.25, -0.2) is 9.86 Å². The van der Waals surface area contributed by atoms with Gasteiger partial charge in [0.25, 0.3) is 5.91 Å². The number of amides is 1. The third kappa shape index (κ3) is 7.92. The monoisotopic (exact) mass is 477 g/mol. The molecular weight excluding hydrogens is 450 g/mol. The van der Waals surface area contributed by atoms with E-state index in [0.717, 1.165) is 20.0 Å². The van der Waals surface area contributed by atoms with Crippen molar-refractivity contribution in [3.05, 3.63) is 68.4 Å². The Labute approximate surface area is 192 Å². The molecule has 2 aromatic rings. The van der Waals surface area contributed by atoms with Crippen molar-refractivity contribution < 1.29 is 31.5 Å². The standard InChI is InChI=1S/C17H15NO8S.C6H12/c1-10(6-7-19)27(23,24)26-18(3)16(21)14-8-13-5-4-12(11(2)20)9-15(13)25-17(14)22;1-4-5-6(2)3/h4-9H,1-3H3;5H,4H2,1-3H3/b10-6+;. The van der Waals surface area contributed by atoms with Crippen molar-refractivity contribution >= 4 is 39.1 Å². The summed E-state index contributed by atoms with van der Waals surface area (Å²) in [5.41, 5.74) is 0.352. The number of nitrogens with zero attached hydrogens (tertiary/aromatic N) is 1. The maximum absolute atomic E-state index is 12.4. The molecule has 0 atom stereocenters. The zero-order valence-electron chi connectivity index (χ0n) is 19.4. The molecule has 178 valence electrons. The number of carbonyl (C=O) groups excluding carboxylic acids is 3. The summed E-state index contributed by atoms with van der Waals surface area (Å²) in [6.45, 7) is 8.84. The number of Topliss-reactive ketones (excluding diaryl/α,β-unsaturated/α-hetero) is 1. The largest absolute Gasteiger partial charge is 0.422 e. The molecule has 0 spiro atoms. The van der Waals surface area contributed by atoms with E-state index < -0.39 is 32.1 Å². The second kappa shape index (κ2) is 12.0. The third-order valence-electron chi connectivity index (χ3n) is 4.18. The van der Waals surface area contributed by atoms with Crippen LogP contribution in [-0.2, 0) is 19.2 Å². The molecule has 0 aliphatic rings. The van der Waals surface area contributed by atoms with Gasteiger partial charge in [0.05, 0.1) is 4.91 Å². The number of benzene rings is 1. The summed E-state index contributed by atoms with van der Waals surface area (Å²) >= 11 is 0. The number of ketones is 1. The molecule has 0 N–H and O–H groups in total. The van der Waals surface area contributed by atoms with Gasteiger partial charge in [-0.15, -0.1) is 4.28 Å². The fourth-order valence-electron chi connectivity index (χ4n) is 2.48. The molecule has 1 aromatic heterocycles. The first-order valence-corrected chi connectivity index (χ1v) is 11.3. The van der Waals surface area contributed by atoms with Crippen LogP contribution in [0.5, 0.6) is 0 Å². The van der Waals surface area contributed by atoms with E-state index >= 15 is 0 Å². The lowest BCUT2D eigenvalue weighted by Crippen LogP contribution is -2.33. The number of rotatable bonds is 7. The van der Waals surface area contributed by atoms with E-state index in [9.17, 15) is 27.6 Å². The minimum Gasteiger partial charge on any atom is -0.422 e. The third-order valence-corrected chi connectivity index (χ3v) is 5.52. The lowest BCUT2D eigenvalue weighted by atomic mass is 10.1. The van der Waals surface area contributed by atoms with Crippen molar-refractivity contribution in [2.24, 2.45) is 0 Å². The Kier molecular flexibility index (Phi) is 10.1. The van der Waals surface area contributed by atoms with Crippen LogP contribution in [0.3, 0.4) is 0 Å². The number of fused-ring (bicyclic) bond motifs is 1. The predicted octanol–water partition coefficient (Wildman–Crippen LogP) is 3.79. The molecule has 0 bridgehead atoms. The van der Waals surface area contributed by atoms with Crippen LogP contribution in [0.4, 0.5) is 0 Å². The molecular formula is C23H27NO8S. The Morgan fingerprint density at radius 3 is 2.24 bits per heavy atom. The Balaban J connectivity index is 0.000000801. The van der Waals surface area contributed by atoms with E-state index in [-0.39, 0.29) is 17.7 Å². The van der Waals surface area contributed by atoms with E-state index in [0.29, 0.717) is 16.0 Å². The SMILES string of the molecule is CC(=O)c1ccc2cc(C(=O)N(C)OS(=O)(=O)/C(C)=C/C=O)c(=O)oc2c1.CCC=C(C)C. The Morgan fingerprint density at radius 2 is 1.76 bits per heavy atom. The smallest absolute Gasteiger partial charge is 0.349 e. The predicted molar refractivity (Wildman–Crippen MR) is 124 cm³/mol. The average molecular weight is 478 g/mol. The first-order valence-electron chi connectivity index (χ1n) is 9.91. The van der Waals surface area contributed by atoms with E-state index in [4.69, 9.17) is 4.42 Å². The maximum Gasteiger partial charge on any atom is 0.349 e. The molecule has 1 heterocycles. The Morgan fingerprint density at radius 1 is 1.12 bits per heavy atom. The number of hydrogen-bond donors (Lipinski definition) is 0. The molecule has 0 aliphatic carbocycles. The average Bonchev–Trinajstić information content (AvgIpc) is 2.72. The molecule has 10 heteroatoms. The van der Waals surface area contributed by atoms with Gasteiger partial charge in [-0.2, -0.15) is 8.42 Å². The van der Waals surface area contributed by atoms with E-state index in [2.05, 4.69) is 31.1 Å². The summed E-state index contributed by atoms with van der Waals surface area (Å²) in [5.74, 6) is -1.29. The van der Waals surface area contributed by atoms with Crippen molar-refractivity contribution in [2.75, 3.05) is 7.05 Å². The first kappa shape index (κ1) is 27.7. The summed E-state index contributed by atoms with van der Waals surface area (Å²) in [7, 11) is -3.38. The van der Waals surface area contributed by atoms with Gasteiger partial charge in [0, 0.05) is 18.0 Å². The summed E-state index contributed by atoms with van der Waals surface area (Å²) in [5, 5.41) is 0.704. The van der Waals surface area contributed by atoms with Crippen LogP contribution in [0, 0.1) is 0 Å². The van der Waals surface area contributed by atoms with Crippen LogP contribution in [0.2, 0.25) is 0 Å².